The first kappa shape index (κ1) is 17.9. The zero-order valence-corrected chi connectivity index (χ0v) is 14.6. The molecule has 0 aliphatic rings. The minimum atomic E-state index is -3.88. The molecule has 0 unspecified atom stereocenters. The topological polar surface area (TPSA) is 37.4 Å². The highest BCUT2D eigenvalue weighted by Crippen LogP contribution is 2.25. The zero-order chi connectivity index (χ0) is 15.3. The number of rotatable bonds is 7. The van der Waals surface area contributed by atoms with Gasteiger partial charge in [-0.05, 0) is 31.0 Å². The van der Waals surface area contributed by atoms with Gasteiger partial charge in [0.05, 0.1) is 0 Å². The summed E-state index contributed by atoms with van der Waals surface area (Å²) >= 11 is 8.82. The molecule has 0 saturated carbocycles. The van der Waals surface area contributed by atoms with Crippen LogP contribution in [0.2, 0.25) is 0 Å². The van der Waals surface area contributed by atoms with Crippen LogP contribution in [0, 0.1) is 5.82 Å². The molecule has 3 nitrogen and oxygen atoms in total. The lowest BCUT2D eigenvalue weighted by molar-refractivity contribution is 0.315. The Bertz CT molecular complexity index is 549. The van der Waals surface area contributed by atoms with Crippen molar-refractivity contribution in [3.63, 3.8) is 0 Å². The molecule has 20 heavy (non-hydrogen) atoms. The lowest BCUT2D eigenvalue weighted by Gasteiger charge is -2.29. The first-order valence-electron chi connectivity index (χ1n) is 6.41. The Kier molecular flexibility index (Phi) is 6.91. The van der Waals surface area contributed by atoms with Crippen molar-refractivity contribution in [2.75, 3.05) is 12.4 Å². The summed E-state index contributed by atoms with van der Waals surface area (Å²) in [5, 5.41) is 0. The van der Waals surface area contributed by atoms with E-state index >= 15 is 0 Å². The van der Waals surface area contributed by atoms with Crippen molar-refractivity contribution in [1.82, 2.24) is 4.31 Å². The van der Waals surface area contributed by atoms with Crippen molar-refractivity contribution in [2.45, 2.75) is 37.6 Å². The van der Waals surface area contributed by atoms with Gasteiger partial charge in [-0.1, -0.05) is 29.8 Å². The summed E-state index contributed by atoms with van der Waals surface area (Å²) in [5.41, 5.74) is 0. The van der Waals surface area contributed by atoms with E-state index in [4.69, 9.17) is 11.6 Å². The van der Waals surface area contributed by atoms with Gasteiger partial charge in [0, 0.05) is 22.9 Å². The maximum Gasteiger partial charge on any atom is 0.246 e. The number of hydrogen-bond donors (Lipinski definition) is 0. The van der Waals surface area contributed by atoms with Gasteiger partial charge in [-0.15, -0.1) is 11.6 Å². The van der Waals surface area contributed by atoms with Gasteiger partial charge < -0.3 is 0 Å². The molecule has 1 aromatic carbocycles. The molecule has 1 aromatic rings. The van der Waals surface area contributed by atoms with Crippen molar-refractivity contribution < 1.29 is 12.8 Å². The molecule has 0 N–H and O–H groups in total. The molecule has 1 rings (SSSR count). The fourth-order valence-corrected chi connectivity index (χ4v) is 4.52. The summed E-state index contributed by atoms with van der Waals surface area (Å²) in [6.45, 7) is 3.98. The molecule has 0 aromatic heterocycles. The van der Waals surface area contributed by atoms with E-state index in [0.717, 1.165) is 6.07 Å². The van der Waals surface area contributed by atoms with E-state index in [1.54, 1.807) is 0 Å². The highest BCUT2D eigenvalue weighted by Gasteiger charge is 2.31. The van der Waals surface area contributed by atoms with Crippen LogP contribution >= 0.6 is 27.5 Å². The summed E-state index contributed by atoms with van der Waals surface area (Å²) in [6, 6.07) is 3.76. The molecule has 0 radical (unpaired) electrons. The lowest BCUT2D eigenvalue weighted by Crippen LogP contribution is -2.41. The zero-order valence-electron chi connectivity index (χ0n) is 11.4. The van der Waals surface area contributed by atoms with E-state index < -0.39 is 15.8 Å². The first-order valence-corrected chi connectivity index (χ1v) is 9.18. The molecule has 0 aliphatic heterocycles. The van der Waals surface area contributed by atoms with Crippen molar-refractivity contribution in [2.24, 2.45) is 0 Å². The summed E-state index contributed by atoms with van der Waals surface area (Å²) < 4.78 is 41.0. The lowest BCUT2D eigenvalue weighted by atomic mass is 10.2. The van der Waals surface area contributed by atoms with E-state index in [-0.39, 0.29) is 23.4 Å². The average molecular weight is 387 g/mol. The van der Waals surface area contributed by atoms with Gasteiger partial charge in [0.1, 0.15) is 10.7 Å². The standard InChI is InChI=1S/C13H18BrClFNO2S/c1-3-11(4-2)17(8-7-15)20(18,19)13-6-5-10(14)9-12(13)16/h5-6,9,11H,3-4,7-8H2,1-2H3. The second-order valence-electron chi connectivity index (χ2n) is 4.35. The van der Waals surface area contributed by atoms with E-state index in [9.17, 15) is 12.8 Å². The molecule has 0 amide bonds. The predicted octanol–water partition coefficient (Wildman–Crippen LogP) is 4.01. The minimum Gasteiger partial charge on any atom is -0.207 e. The SMILES string of the molecule is CCC(CC)N(CCCl)S(=O)(=O)c1ccc(Br)cc1F. The quantitative estimate of drug-likeness (QED) is 0.664. The number of nitrogens with zero attached hydrogens (tertiary/aromatic N) is 1. The van der Waals surface area contributed by atoms with E-state index in [0.29, 0.717) is 17.3 Å². The van der Waals surface area contributed by atoms with Gasteiger partial charge in [-0.25, -0.2) is 12.8 Å². The molecule has 0 atom stereocenters. The molecule has 0 bridgehead atoms. The van der Waals surface area contributed by atoms with Crippen LogP contribution in [0.1, 0.15) is 26.7 Å². The van der Waals surface area contributed by atoms with Crippen LogP contribution < -0.4 is 0 Å². The molecular weight excluding hydrogens is 369 g/mol. The smallest absolute Gasteiger partial charge is 0.207 e. The number of halogens is 3. The fourth-order valence-electron chi connectivity index (χ4n) is 2.09. The van der Waals surface area contributed by atoms with Gasteiger partial charge in [-0.2, -0.15) is 4.31 Å². The van der Waals surface area contributed by atoms with Crippen molar-refractivity contribution in [3.05, 3.63) is 28.5 Å². The third-order valence-corrected chi connectivity index (χ3v) is 5.78. The third-order valence-electron chi connectivity index (χ3n) is 3.14. The second-order valence-corrected chi connectivity index (χ2v) is 7.50. The average Bonchev–Trinajstić information content (AvgIpc) is 2.38. The molecule has 0 spiro atoms. The van der Waals surface area contributed by atoms with Crippen molar-refractivity contribution >= 4 is 37.6 Å². The largest absolute Gasteiger partial charge is 0.246 e. The molecule has 0 saturated heterocycles. The van der Waals surface area contributed by atoms with Gasteiger partial charge in [0.25, 0.3) is 0 Å². The fraction of sp³-hybridized carbons (Fsp3) is 0.538. The highest BCUT2D eigenvalue weighted by molar-refractivity contribution is 9.10. The van der Waals surface area contributed by atoms with Crippen LogP contribution in [0.4, 0.5) is 4.39 Å². The number of alkyl halides is 1. The summed E-state index contributed by atoms with van der Waals surface area (Å²) in [5.74, 6) is -0.585. The molecule has 0 fully saturated rings. The van der Waals surface area contributed by atoms with Crippen molar-refractivity contribution in [1.29, 1.82) is 0 Å². The number of hydrogen-bond acceptors (Lipinski definition) is 2. The molecule has 114 valence electrons. The number of sulfonamides is 1. The Labute approximate surface area is 133 Å². The van der Waals surface area contributed by atoms with Gasteiger partial charge >= 0.3 is 0 Å². The first-order chi connectivity index (χ1) is 9.38. The Balaban J connectivity index is 3.28. The summed E-state index contributed by atoms with van der Waals surface area (Å²) in [7, 11) is -3.88. The Morgan fingerprint density at radius 3 is 2.40 bits per heavy atom. The Hall–Kier alpha value is -0.170. The van der Waals surface area contributed by atoms with Gasteiger partial charge in [-0.3, -0.25) is 0 Å². The maximum absolute atomic E-state index is 13.9. The predicted molar refractivity (Wildman–Crippen MR) is 83.1 cm³/mol. The normalized spacial score (nSPS) is 12.3. The van der Waals surface area contributed by atoms with Gasteiger partial charge in [0.2, 0.25) is 10.0 Å². The summed E-state index contributed by atoms with van der Waals surface area (Å²) in [6.07, 6.45) is 1.32. The maximum atomic E-state index is 13.9. The third kappa shape index (κ3) is 3.93. The van der Waals surface area contributed by atoms with E-state index in [1.807, 2.05) is 13.8 Å². The van der Waals surface area contributed by atoms with Crippen LogP contribution in [-0.4, -0.2) is 31.2 Å². The molecule has 7 heteroatoms. The Morgan fingerprint density at radius 2 is 1.95 bits per heavy atom. The Morgan fingerprint density at radius 1 is 1.35 bits per heavy atom. The van der Waals surface area contributed by atoms with Gasteiger partial charge in [0.15, 0.2) is 0 Å². The van der Waals surface area contributed by atoms with Crippen LogP contribution in [0.3, 0.4) is 0 Å². The monoisotopic (exact) mass is 385 g/mol. The highest BCUT2D eigenvalue weighted by atomic mass is 79.9. The minimum absolute atomic E-state index is 0.172. The van der Waals surface area contributed by atoms with Crippen LogP contribution in [0.5, 0.6) is 0 Å². The van der Waals surface area contributed by atoms with Crippen LogP contribution in [0.15, 0.2) is 27.6 Å². The molecule has 0 aliphatic carbocycles. The van der Waals surface area contributed by atoms with Crippen molar-refractivity contribution in [3.8, 4) is 0 Å². The second kappa shape index (κ2) is 7.73. The molecular formula is C13H18BrClFNO2S. The van der Waals surface area contributed by atoms with E-state index in [1.165, 1.54) is 16.4 Å². The molecule has 0 heterocycles. The van der Waals surface area contributed by atoms with E-state index in [2.05, 4.69) is 15.9 Å². The summed E-state index contributed by atoms with van der Waals surface area (Å²) in [4.78, 5) is -0.308. The number of benzene rings is 1. The van der Waals surface area contributed by atoms with Crippen LogP contribution in [0.25, 0.3) is 0 Å². The van der Waals surface area contributed by atoms with Crippen LogP contribution in [-0.2, 0) is 10.0 Å².